The van der Waals surface area contributed by atoms with Gasteiger partial charge in [-0.1, -0.05) is 12.1 Å². The largest absolute Gasteiger partial charge is 0.489 e. The van der Waals surface area contributed by atoms with E-state index in [9.17, 15) is 5.11 Å². The monoisotopic (exact) mass is 321 g/mol. The average molecular weight is 322 g/mol. The molecule has 0 saturated carbocycles. The first-order chi connectivity index (χ1) is 9.13. The van der Waals surface area contributed by atoms with Crippen molar-refractivity contribution in [2.24, 2.45) is 0 Å². The Morgan fingerprint density at radius 1 is 1.21 bits per heavy atom. The van der Waals surface area contributed by atoms with Crippen LogP contribution in [0.5, 0.6) is 5.75 Å². The van der Waals surface area contributed by atoms with Crippen LogP contribution in [0.4, 0.5) is 0 Å². The van der Waals surface area contributed by atoms with Crippen molar-refractivity contribution in [3.05, 3.63) is 58.3 Å². The summed E-state index contributed by atoms with van der Waals surface area (Å²) in [5.74, 6) is 0.814. The normalized spacial score (nSPS) is 12.2. The van der Waals surface area contributed by atoms with Gasteiger partial charge < -0.3 is 9.84 Å². The van der Waals surface area contributed by atoms with E-state index in [0.717, 1.165) is 21.3 Å². The molecule has 0 aliphatic heterocycles. The highest BCUT2D eigenvalue weighted by molar-refractivity contribution is 9.10. The van der Waals surface area contributed by atoms with Gasteiger partial charge in [0, 0.05) is 22.4 Å². The van der Waals surface area contributed by atoms with Crippen LogP contribution in [0.15, 0.2) is 47.2 Å². The minimum atomic E-state index is -0.320. The number of nitrogens with zero attached hydrogens (tertiary/aromatic N) is 1. The van der Waals surface area contributed by atoms with Crippen molar-refractivity contribution >= 4 is 15.9 Å². The van der Waals surface area contributed by atoms with Crippen LogP contribution in [-0.4, -0.2) is 16.2 Å². The van der Waals surface area contributed by atoms with E-state index in [1.54, 1.807) is 19.3 Å². The Labute approximate surface area is 121 Å². The molecule has 0 bridgehead atoms. The number of halogens is 1. The number of hydrogen-bond donors (Lipinski definition) is 1. The third-order valence-electron chi connectivity index (χ3n) is 2.62. The van der Waals surface area contributed by atoms with Gasteiger partial charge in [-0.25, -0.2) is 0 Å². The molecular weight excluding hydrogens is 306 g/mol. The summed E-state index contributed by atoms with van der Waals surface area (Å²) in [6, 6.07) is 9.77. The molecule has 1 aromatic carbocycles. The number of aromatic nitrogens is 1. The molecule has 2 rings (SSSR count). The van der Waals surface area contributed by atoms with Crippen molar-refractivity contribution in [3.63, 3.8) is 0 Å². The second-order valence-corrected chi connectivity index (χ2v) is 5.41. The van der Waals surface area contributed by atoms with Crippen LogP contribution >= 0.6 is 15.9 Å². The van der Waals surface area contributed by atoms with E-state index in [4.69, 9.17) is 4.74 Å². The van der Waals surface area contributed by atoms with Gasteiger partial charge in [0.2, 0.25) is 0 Å². The van der Waals surface area contributed by atoms with Gasteiger partial charge >= 0.3 is 0 Å². The third kappa shape index (κ3) is 4.65. The van der Waals surface area contributed by atoms with Gasteiger partial charge in [0.25, 0.3) is 0 Å². The lowest BCUT2D eigenvalue weighted by Gasteiger charge is -2.08. The first-order valence-electron chi connectivity index (χ1n) is 6.13. The van der Waals surface area contributed by atoms with Gasteiger partial charge in [0.05, 0.1) is 6.10 Å². The molecule has 1 heterocycles. The third-order valence-corrected chi connectivity index (χ3v) is 3.06. The lowest BCUT2D eigenvalue weighted by Crippen LogP contribution is -2.04. The fourth-order valence-electron chi connectivity index (χ4n) is 1.76. The number of pyridine rings is 1. The summed E-state index contributed by atoms with van der Waals surface area (Å²) in [6.45, 7) is 2.27. The van der Waals surface area contributed by atoms with Gasteiger partial charge in [0.1, 0.15) is 12.4 Å². The fraction of sp³-hybridized carbons (Fsp3) is 0.267. The van der Waals surface area contributed by atoms with Crippen LogP contribution in [0.1, 0.15) is 18.1 Å². The lowest BCUT2D eigenvalue weighted by molar-refractivity contribution is 0.195. The zero-order valence-corrected chi connectivity index (χ0v) is 12.3. The summed E-state index contributed by atoms with van der Waals surface area (Å²) in [5, 5.41) is 9.31. The van der Waals surface area contributed by atoms with Crippen LogP contribution in [0.2, 0.25) is 0 Å². The second kappa shape index (κ2) is 6.68. The van der Waals surface area contributed by atoms with Crippen LogP contribution in [0.25, 0.3) is 0 Å². The molecule has 0 saturated heterocycles. The first-order valence-corrected chi connectivity index (χ1v) is 6.92. The van der Waals surface area contributed by atoms with E-state index in [2.05, 4.69) is 20.9 Å². The molecule has 0 amide bonds. The maximum absolute atomic E-state index is 9.31. The lowest BCUT2D eigenvalue weighted by atomic mass is 10.1. The van der Waals surface area contributed by atoms with Gasteiger partial charge in [-0.05, 0) is 53.0 Å². The highest BCUT2D eigenvalue weighted by atomic mass is 79.9. The van der Waals surface area contributed by atoms with Gasteiger partial charge in [-0.15, -0.1) is 0 Å². The van der Waals surface area contributed by atoms with E-state index in [1.807, 2.05) is 30.3 Å². The molecule has 1 atom stereocenters. The molecule has 1 N–H and O–H groups in total. The van der Waals surface area contributed by atoms with Crippen molar-refractivity contribution < 1.29 is 9.84 Å². The second-order valence-electron chi connectivity index (χ2n) is 4.50. The fourth-order valence-corrected chi connectivity index (χ4v) is 2.18. The highest BCUT2D eigenvalue weighted by Gasteiger charge is 2.01. The SMILES string of the molecule is CC(O)Cc1ccc(OCc2cncc(Br)c2)cc1. The van der Waals surface area contributed by atoms with Crippen LogP contribution in [-0.2, 0) is 13.0 Å². The molecule has 100 valence electrons. The van der Waals surface area contributed by atoms with E-state index < -0.39 is 0 Å². The van der Waals surface area contributed by atoms with Gasteiger partial charge in [0.15, 0.2) is 0 Å². The van der Waals surface area contributed by atoms with Crippen molar-refractivity contribution in [2.75, 3.05) is 0 Å². The van der Waals surface area contributed by atoms with Crippen molar-refractivity contribution in [3.8, 4) is 5.75 Å². The van der Waals surface area contributed by atoms with Crippen LogP contribution < -0.4 is 4.74 Å². The Morgan fingerprint density at radius 3 is 2.58 bits per heavy atom. The maximum Gasteiger partial charge on any atom is 0.119 e. The summed E-state index contributed by atoms with van der Waals surface area (Å²) in [6.07, 6.45) is 3.87. The smallest absolute Gasteiger partial charge is 0.119 e. The maximum atomic E-state index is 9.31. The molecular formula is C15H16BrNO2. The number of rotatable bonds is 5. The first kappa shape index (κ1) is 14.0. The number of aliphatic hydroxyl groups excluding tert-OH is 1. The Kier molecular flexibility index (Phi) is 4.93. The molecule has 19 heavy (non-hydrogen) atoms. The highest BCUT2D eigenvalue weighted by Crippen LogP contribution is 2.16. The van der Waals surface area contributed by atoms with Crippen molar-refractivity contribution in [2.45, 2.75) is 26.1 Å². The summed E-state index contributed by atoms with van der Waals surface area (Å²) >= 11 is 3.38. The van der Waals surface area contributed by atoms with E-state index in [-0.39, 0.29) is 6.10 Å². The topological polar surface area (TPSA) is 42.4 Å². The number of ether oxygens (including phenoxy) is 1. The molecule has 0 aliphatic rings. The molecule has 2 aromatic rings. The van der Waals surface area contributed by atoms with Gasteiger partial charge in [-0.3, -0.25) is 4.98 Å². The quantitative estimate of drug-likeness (QED) is 0.918. The summed E-state index contributed by atoms with van der Waals surface area (Å²) in [5.41, 5.74) is 2.12. The van der Waals surface area contributed by atoms with Crippen molar-refractivity contribution in [1.29, 1.82) is 0 Å². The minimum absolute atomic E-state index is 0.320. The molecule has 1 unspecified atom stereocenters. The Balaban J connectivity index is 1.93. The number of hydrogen-bond acceptors (Lipinski definition) is 3. The van der Waals surface area contributed by atoms with E-state index in [1.165, 1.54) is 0 Å². The molecule has 0 radical (unpaired) electrons. The number of benzene rings is 1. The van der Waals surface area contributed by atoms with Crippen LogP contribution in [0.3, 0.4) is 0 Å². The Hall–Kier alpha value is -1.39. The summed E-state index contributed by atoms with van der Waals surface area (Å²) < 4.78 is 6.63. The standard InChI is InChI=1S/C15H16BrNO2/c1-11(18)6-12-2-4-15(5-3-12)19-10-13-7-14(16)9-17-8-13/h2-5,7-9,11,18H,6,10H2,1H3. The molecule has 3 nitrogen and oxygen atoms in total. The summed E-state index contributed by atoms with van der Waals surface area (Å²) in [4.78, 5) is 4.09. The molecule has 0 aliphatic carbocycles. The van der Waals surface area contributed by atoms with Crippen molar-refractivity contribution in [1.82, 2.24) is 4.98 Å². The minimum Gasteiger partial charge on any atom is -0.489 e. The Bertz CT molecular complexity index is 526. The number of aliphatic hydroxyl groups is 1. The Morgan fingerprint density at radius 2 is 1.95 bits per heavy atom. The zero-order chi connectivity index (χ0) is 13.7. The summed E-state index contributed by atoms with van der Waals surface area (Å²) in [7, 11) is 0. The predicted molar refractivity (Wildman–Crippen MR) is 78.1 cm³/mol. The molecule has 0 fully saturated rings. The molecule has 0 spiro atoms. The van der Waals surface area contributed by atoms with E-state index in [0.29, 0.717) is 13.0 Å². The molecule has 4 heteroatoms. The average Bonchev–Trinajstić information content (AvgIpc) is 2.37. The van der Waals surface area contributed by atoms with Gasteiger partial charge in [-0.2, -0.15) is 0 Å². The zero-order valence-electron chi connectivity index (χ0n) is 10.7. The molecule has 1 aromatic heterocycles. The predicted octanol–water partition coefficient (Wildman–Crippen LogP) is 3.35. The van der Waals surface area contributed by atoms with E-state index >= 15 is 0 Å². The van der Waals surface area contributed by atoms with Crippen LogP contribution in [0, 0.1) is 0 Å².